The zero-order valence-electron chi connectivity index (χ0n) is 11.6. The third kappa shape index (κ3) is 5.04. The van der Waals surface area contributed by atoms with Gasteiger partial charge >= 0.3 is 5.97 Å². The van der Waals surface area contributed by atoms with E-state index >= 15 is 0 Å². The Balaban J connectivity index is 2.30. The van der Waals surface area contributed by atoms with Gasteiger partial charge in [-0.3, -0.25) is 9.59 Å². The molecule has 18 heavy (non-hydrogen) atoms. The molecule has 1 amide bonds. The zero-order valence-corrected chi connectivity index (χ0v) is 11.6. The zero-order chi connectivity index (χ0) is 13.7. The number of carbonyl (C=O) groups is 2. The summed E-state index contributed by atoms with van der Waals surface area (Å²) < 4.78 is 0. The molecule has 0 spiro atoms. The van der Waals surface area contributed by atoms with Crippen LogP contribution in [-0.2, 0) is 9.59 Å². The first-order valence-corrected chi connectivity index (χ1v) is 6.52. The van der Waals surface area contributed by atoms with Gasteiger partial charge in [-0.05, 0) is 31.8 Å². The van der Waals surface area contributed by atoms with E-state index in [1.807, 2.05) is 14.0 Å². The molecule has 1 rings (SSSR count). The minimum atomic E-state index is -0.838. The molecule has 1 saturated heterocycles. The summed E-state index contributed by atoms with van der Waals surface area (Å²) in [6, 6.07) is 0. The largest absolute Gasteiger partial charge is 0.481 e. The number of carboxylic acids is 1. The van der Waals surface area contributed by atoms with Crippen molar-refractivity contribution in [2.45, 2.75) is 26.2 Å². The van der Waals surface area contributed by atoms with E-state index < -0.39 is 5.97 Å². The van der Waals surface area contributed by atoms with Gasteiger partial charge in [0.2, 0.25) is 5.91 Å². The van der Waals surface area contributed by atoms with Gasteiger partial charge in [-0.2, -0.15) is 0 Å². The summed E-state index contributed by atoms with van der Waals surface area (Å²) >= 11 is 0. The molecule has 0 radical (unpaired) electrons. The van der Waals surface area contributed by atoms with E-state index in [4.69, 9.17) is 5.11 Å². The summed E-state index contributed by atoms with van der Waals surface area (Å²) in [5.41, 5.74) is 0. The molecular weight excluding hydrogens is 232 g/mol. The van der Waals surface area contributed by atoms with E-state index in [-0.39, 0.29) is 18.2 Å². The van der Waals surface area contributed by atoms with Crippen molar-refractivity contribution in [3.05, 3.63) is 0 Å². The molecule has 0 bridgehead atoms. The van der Waals surface area contributed by atoms with Crippen LogP contribution in [0.4, 0.5) is 0 Å². The lowest BCUT2D eigenvalue weighted by Crippen LogP contribution is -2.33. The molecule has 0 aromatic carbocycles. The Morgan fingerprint density at radius 3 is 2.61 bits per heavy atom. The van der Waals surface area contributed by atoms with Crippen LogP contribution in [0, 0.1) is 11.8 Å². The van der Waals surface area contributed by atoms with Crippen molar-refractivity contribution in [3.8, 4) is 0 Å². The van der Waals surface area contributed by atoms with Crippen molar-refractivity contribution in [3.63, 3.8) is 0 Å². The Morgan fingerprint density at radius 1 is 1.44 bits per heavy atom. The molecule has 0 saturated carbocycles. The minimum absolute atomic E-state index is 0.0540. The second-order valence-electron chi connectivity index (χ2n) is 5.60. The molecule has 1 heterocycles. The van der Waals surface area contributed by atoms with Crippen LogP contribution in [0.5, 0.6) is 0 Å². The van der Waals surface area contributed by atoms with Crippen LogP contribution in [0.15, 0.2) is 0 Å². The van der Waals surface area contributed by atoms with Crippen molar-refractivity contribution >= 4 is 11.9 Å². The fourth-order valence-electron chi connectivity index (χ4n) is 2.49. The van der Waals surface area contributed by atoms with E-state index in [0.29, 0.717) is 12.3 Å². The maximum atomic E-state index is 11.9. The van der Waals surface area contributed by atoms with Gasteiger partial charge in [0.05, 0.1) is 0 Å². The normalized spacial score (nSPS) is 21.8. The predicted molar refractivity (Wildman–Crippen MR) is 69.3 cm³/mol. The van der Waals surface area contributed by atoms with Crippen LogP contribution in [0.1, 0.15) is 26.2 Å². The lowest BCUT2D eigenvalue weighted by Gasteiger charge is -2.22. The second kappa shape index (κ2) is 6.73. The maximum Gasteiger partial charge on any atom is 0.303 e. The molecule has 104 valence electrons. The molecule has 5 nitrogen and oxygen atoms in total. The number of hydrogen-bond acceptors (Lipinski definition) is 3. The number of hydrogen-bond donors (Lipinski definition) is 1. The van der Waals surface area contributed by atoms with E-state index in [0.717, 1.165) is 26.1 Å². The molecule has 1 fully saturated rings. The molecule has 1 aliphatic rings. The number of amides is 1. The number of carbonyl (C=O) groups excluding carboxylic acids is 1. The van der Waals surface area contributed by atoms with Gasteiger partial charge in [-0.15, -0.1) is 0 Å². The van der Waals surface area contributed by atoms with Gasteiger partial charge in [-0.25, -0.2) is 0 Å². The van der Waals surface area contributed by atoms with Crippen LogP contribution < -0.4 is 0 Å². The fraction of sp³-hybridized carbons (Fsp3) is 0.846. The van der Waals surface area contributed by atoms with E-state index in [9.17, 15) is 9.59 Å². The predicted octanol–water partition coefficient (Wildman–Crippen LogP) is 0.897. The summed E-state index contributed by atoms with van der Waals surface area (Å²) in [7, 11) is 3.91. The molecule has 0 aromatic rings. The smallest absolute Gasteiger partial charge is 0.303 e. The quantitative estimate of drug-likeness (QED) is 0.767. The van der Waals surface area contributed by atoms with Gasteiger partial charge in [0.1, 0.15) is 0 Å². The Morgan fingerprint density at radius 2 is 2.11 bits per heavy atom. The van der Waals surface area contributed by atoms with E-state index in [1.54, 1.807) is 4.90 Å². The minimum Gasteiger partial charge on any atom is -0.481 e. The summed E-state index contributed by atoms with van der Waals surface area (Å²) in [5.74, 6) is -0.323. The third-order valence-electron chi connectivity index (χ3n) is 3.49. The van der Waals surface area contributed by atoms with Crippen molar-refractivity contribution in [1.29, 1.82) is 0 Å². The maximum absolute atomic E-state index is 11.9. The van der Waals surface area contributed by atoms with Crippen molar-refractivity contribution in [2.75, 3.05) is 33.7 Å². The Hall–Kier alpha value is -1.10. The number of aliphatic carboxylic acids is 1. The lowest BCUT2D eigenvalue weighted by atomic mass is 10.0. The lowest BCUT2D eigenvalue weighted by molar-refractivity contribution is -0.138. The first-order chi connectivity index (χ1) is 8.38. The standard InChI is InChI=1S/C13H24N2O3/c1-10(7-13(17)18)6-12(16)15(3)9-11-4-5-14(2)8-11/h10-11H,4-9H2,1-3H3,(H,17,18). The number of rotatable bonds is 6. The van der Waals surface area contributed by atoms with Crippen LogP contribution >= 0.6 is 0 Å². The SMILES string of the molecule is CC(CC(=O)O)CC(=O)N(C)CC1CCN(C)C1. The van der Waals surface area contributed by atoms with Gasteiger partial charge < -0.3 is 14.9 Å². The average Bonchev–Trinajstić information content (AvgIpc) is 2.62. The third-order valence-corrected chi connectivity index (χ3v) is 3.49. The fourth-order valence-corrected chi connectivity index (χ4v) is 2.49. The van der Waals surface area contributed by atoms with Gasteiger partial charge in [-0.1, -0.05) is 6.92 Å². The second-order valence-corrected chi connectivity index (χ2v) is 5.60. The Kier molecular flexibility index (Phi) is 5.59. The monoisotopic (exact) mass is 256 g/mol. The van der Waals surface area contributed by atoms with Crippen LogP contribution in [-0.4, -0.2) is 60.5 Å². The molecule has 0 aromatic heterocycles. The molecular formula is C13H24N2O3. The van der Waals surface area contributed by atoms with Gasteiger partial charge in [0, 0.05) is 33.0 Å². The average molecular weight is 256 g/mol. The molecule has 1 N–H and O–H groups in total. The van der Waals surface area contributed by atoms with Crippen LogP contribution in [0.3, 0.4) is 0 Å². The summed E-state index contributed by atoms with van der Waals surface area (Å²) in [6.07, 6.45) is 1.52. The number of nitrogens with zero attached hydrogens (tertiary/aromatic N) is 2. The number of likely N-dealkylation sites (tertiary alicyclic amines) is 1. The van der Waals surface area contributed by atoms with Crippen molar-refractivity contribution in [2.24, 2.45) is 11.8 Å². The first kappa shape index (κ1) is 15.0. The molecule has 5 heteroatoms. The highest BCUT2D eigenvalue weighted by molar-refractivity contribution is 5.77. The highest BCUT2D eigenvalue weighted by Crippen LogP contribution is 2.16. The van der Waals surface area contributed by atoms with E-state index in [1.165, 1.54) is 0 Å². The molecule has 2 atom stereocenters. The van der Waals surface area contributed by atoms with Crippen LogP contribution in [0.25, 0.3) is 0 Å². The van der Waals surface area contributed by atoms with Crippen molar-refractivity contribution in [1.82, 2.24) is 9.80 Å². The van der Waals surface area contributed by atoms with Gasteiger partial charge in [0.25, 0.3) is 0 Å². The highest BCUT2D eigenvalue weighted by Gasteiger charge is 2.23. The van der Waals surface area contributed by atoms with Gasteiger partial charge in [0.15, 0.2) is 0 Å². The Labute approximate surface area is 109 Å². The molecule has 1 aliphatic heterocycles. The summed E-state index contributed by atoms with van der Waals surface area (Å²) in [4.78, 5) is 26.5. The van der Waals surface area contributed by atoms with Crippen LogP contribution in [0.2, 0.25) is 0 Å². The Bertz CT molecular complexity index is 307. The summed E-state index contributed by atoms with van der Waals surface area (Å²) in [5, 5.41) is 8.66. The molecule has 2 unspecified atom stereocenters. The summed E-state index contributed by atoms with van der Waals surface area (Å²) in [6.45, 7) is 4.73. The molecule has 0 aliphatic carbocycles. The highest BCUT2D eigenvalue weighted by atomic mass is 16.4. The van der Waals surface area contributed by atoms with Crippen molar-refractivity contribution < 1.29 is 14.7 Å². The topological polar surface area (TPSA) is 60.9 Å². The number of carboxylic acid groups (broad SMARTS) is 1. The van der Waals surface area contributed by atoms with E-state index in [2.05, 4.69) is 11.9 Å². The first-order valence-electron chi connectivity index (χ1n) is 6.52.